The van der Waals surface area contributed by atoms with Crippen molar-refractivity contribution in [2.75, 3.05) is 5.32 Å². The highest BCUT2D eigenvalue weighted by molar-refractivity contribution is 6.30. The number of aromatic nitrogens is 2. The fraction of sp³-hybridized carbons (Fsp3) is 0.353. The van der Waals surface area contributed by atoms with Crippen LogP contribution in [0.4, 0.5) is 10.5 Å². The molecule has 1 fully saturated rings. The molecule has 0 aliphatic heterocycles. The summed E-state index contributed by atoms with van der Waals surface area (Å²) >= 11 is 5.88. The van der Waals surface area contributed by atoms with Gasteiger partial charge in [0.25, 0.3) is 0 Å². The first kappa shape index (κ1) is 15.7. The zero-order valence-electron chi connectivity index (χ0n) is 12.8. The lowest BCUT2D eigenvalue weighted by Crippen LogP contribution is -2.41. The summed E-state index contributed by atoms with van der Waals surface area (Å²) in [4.78, 5) is 23.0. The van der Waals surface area contributed by atoms with Gasteiger partial charge in [-0.25, -0.2) is 4.79 Å². The van der Waals surface area contributed by atoms with Crippen LogP contribution in [0, 0.1) is 0 Å². The van der Waals surface area contributed by atoms with Crippen molar-refractivity contribution in [1.29, 1.82) is 0 Å². The predicted octanol–water partition coefficient (Wildman–Crippen LogP) is 4.11. The van der Waals surface area contributed by atoms with Gasteiger partial charge >= 0.3 is 6.03 Å². The van der Waals surface area contributed by atoms with Gasteiger partial charge in [0.1, 0.15) is 0 Å². The van der Waals surface area contributed by atoms with Gasteiger partial charge in [-0.1, -0.05) is 24.4 Å². The monoisotopic (exact) mass is 330 g/mol. The van der Waals surface area contributed by atoms with Gasteiger partial charge in [-0.05, 0) is 37.1 Å². The summed E-state index contributed by atoms with van der Waals surface area (Å²) in [6.45, 7) is 0.470. The Labute approximate surface area is 140 Å². The molecule has 1 heterocycles. The lowest BCUT2D eigenvalue weighted by Gasteiger charge is -2.28. The van der Waals surface area contributed by atoms with Crippen molar-refractivity contribution in [2.45, 2.75) is 38.3 Å². The normalized spacial score (nSPS) is 14.7. The second-order valence-electron chi connectivity index (χ2n) is 5.70. The molecule has 1 aromatic carbocycles. The van der Waals surface area contributed by atoms with Gasteiger partial charge in [0.15, 0.2) is 0 Å². The van der Waals surface area contributed by atoms with Gasteiger partial charge in [0, 0.05) is 29.1 Å². The highest BCUT2D eigenvalue weighted by Gasteiger charge is 2.27. The van der Waals surface area contributed by atoms with Gasteiger partial charge in [0.2, 0.25) is 0 Å². The zero-order chi connectivity index (χ0) is 16.1. The quantitative estimate of drug-likeness (QED) is 0.917. The van der Waals surface area contributed by atoms with Crippen molar-refractivity contribution >= 4 is 23.3 Å². The summed E-state index contributed by atoms with van der Waals surface area (Å²) in [7, 11) is 0. The number of rotatable bonds is 4. The average Bonchev–Trinajstić information content (AvgIpc) is 3.10. The second-order valence-corrected chi connectivity index (χ2v) is 6.14. The average molecular weight is 331 g/mol. The lowest BCUT2D eigenvalue weighted by atomic mass is 10.2. The van der Waals surface area contributed by atoms with E-state index in [-0.39, 0.29) is 12.1 Å². The van der Waals surface area contributed by atoms with Crippen LogP contribution in [0.1, 0.15) is 31.4 Å². The maximum Gasteiger partial charge on any atom is 0.322 e. The number of carbonyl (C=O) groups excluding carboxylic acids is 1. The predicted molar refractivity (Wildman–Crippen MR) is 90.3 cm³/mol. The molecule has 1 aliphatic carbocycles. The van der Waals surface area contributed by atoms with Crippen LogP contribution in [0.15, 0.2) is 42.9 Å². The van der Waals surface area contributed by atoms with E-state index in [9.17, 15) is 4.79 Å². The van der Waals surface area contributed by atoms with Crippen molar-refractivity contribution < 1.29 is 4.79 Å². The van der Waals surface area contributed by atoms with E-state index in [1.807, 2.05) is 4.90 Å². The Morgan fingerprint density at radius 3 is 2.61 bits per heavy atom. The van der Waals surface area contributed by atoms with Crippen molar-refractivity contribution in [3.8, 4) is 0 Å². The molecule has 23 heavy (non-hydrogen) atoms. The summed E-state index contributed by atoms with van der Waals surface area (Å²) < 4.78 is 0. The minimum atomic E-state index is -0.107. The molecular formula is C17H19ClN4O. The first-order valence-electron chi connectivity index (χ1n) is 7.80. The fourth-order valence-electron chi connectivity index (χ4n) is 2.90. The van der Waals surface area contributed by atoms with Gasteiger partial charge in [-0.2, -0.15) is 0 Å². The lowest BCUT2D eigenvalue weighted by molar-refractivity contribution is 0.183. The molecule has 6 heteroatoms. The van der Waals surface area contributed by atoms with E-state index >= 15 is 0 Å². The van der Waals surface area contributed by atoms with Gasteiger partial charge < -0.3 is 10.2 Å². The van der Waals surface area contributed by atoms with Crippen LogP contribution in [0.2, 0.25) is 5.02 Å². The zero-order valence-corrected chi connectivity index (χ0v) is 13.5. The van der Waals surface area contributed by atoms with Crippen LogP contribution in [-0.4, -0.2) is 26.9 Å². The fourth-order valence-corrected chi connectivity index (χ4v) is 3.02. The van der Waals surface area contributed by atoms with E-state index in [4.69, 9.17) is 11.6 Å². The van der Waals surface area contributed by atoms with Crippen LogP contribution >= 0.6 is 11.6 Å². The number of carbonyl (C=O) groups is 1. The maximum absolute atomic E-state index is 12.7. The van der Waals surface area contributed by atoms with E-state index in [1.54, 1.807) is 42.9 Å². The third-order valence-electron chi connectivity index (χ3n) is 4.07. The molecule has 0 bridgehead atoms. The number of amides is 2. The van der Waals surface area contributed by atoms with Crippen molar-refractivity contribution in [1.82, 2.24) is 14.9 Å². The van der Waals surface area contributed by atoms with Crippen LogP contribution < -0.4 is 5.32 Å². The number of hydrogen-bond donors (Lipinski definition) is 1. The van der Waals surface area contributed by atoms with Gasteiger partial charge in [-0.3, -0.25) is 9.97 Å². The van der Waals surface area contributed by atoms with Crippen molar-refractivity contribution in [2.24, 2.45) is 0 Å². The minimum Gasteiger partial charge on any atom is -0.316 e. The highest BCUT2D eigenvalue weighted by atomic mass is 35.5. The Balaban J connectivity index is 1.73. The van der Waals surface area contributed by atoms with E-state index in [0.717, 1.165) is 37.1 Å². The Morgan fingerprint density at radius 1 is 1.22 bits per heavy atom. The van der Waals surface area contributed by atoms with Crippen LogP contribution in [-0.2, 0) is 6.54 Å². The number of nitrogens with zero attached hydrogens (tertiary/aromatic N) is 3. The largest absolute Gasteiger partial charge is 0.322 e. The molecule has 0 saturated heterocycles. The summed E-state index contributed by atoms with van der Waals surface area (Å²) in [5, 5.41) is 3.59. The molecule has 2 amide bonds. The molecular weight excluding hydrogens is 312 g/mol. The maximum atomic E-state index is 12.7. The number of urea groups is 1. The third-order valence-corrected chi connectivity index (χ3v) is 4.32. The summed E-state index contributed by atoms with van der Waals surface area (Å²) in [5.41, 5.74) is 1.53. The van der Waals surface area contributed by atoms with Crippen LogP contribution in [0.5, 0.6) is 0 Å². The number of hydrogen-bond acceptors (Lipinski definition) is 3. The van der Waals surface area contributed by atoms with E-state index in [0.29, 0.717) is 11.6 Å². The van der Waals surface area contributed by atoms with Crippen LogP contribution in [0.3, 0.4) is 0 Å². The minimum absolute atomic E-state index is 0.107. The number of nitrogens with one attached hydrogen (secondary N) is 1. The second kappa shape index (κ2) is 7.42. The molecule has 0 unspecified atom stereocenters. The third kappa shape index (κ3) is 4.20. The Morgan fingerprint density at radius 2 is 1.96 bits per heavy atom. The molecule has 0 atom stereocenters. The smallest absolute Gasteiger partial charge is 0.316 e. The number of anilines is 1. The molecule has 5 nitrogen and oxygen atoms in total. The molecule has 0 spiro atoms. The van der Waals surface area contributed by atoms with E-state index < -0.39 is 0 Å². The number of halogens is 1. The Bertz CT molecular complexity index is 641. The van der Waals surface area contributed by atoms with E-state index in [1.165, 1.54) is 0 Å². The Hall–Kier alpha value is -2.14. The molecule has 2 aromatic rings. The summed E-state index contributed by atoms with van der Waals surface area (Å²) in [6.07, 6.45) is 9.39. The van der Waals surface area contributed by atoms with E-state index in [2.05, 4.69) is 15.3 Å². The molecule has 1 aliphatic rings. The highest BCUT2D eigenvalue weighted by Crippen LogP contribution is 2.25. The first-order chi connectivity index (χ1) is 11.2. The molecule has 3 rings (SSSR count). The summed E-state index contributed by atoms with van der Waals surface area (Å²) in [6, 6.07) is 7.28. The molecule has 1 saturated carbocycles. The van der Waals surface area contributed by atoms with Crippen molar-refractivity contribution in [3.05, 3.63) is 53.6 Å². The standard InChI is InChI=1S/C17H19ClN4O/c18-13-5-7-14(8-6-13)21-17(23)22(16-3-1-2-4-16)12-15-11-19-9-10-20-15/h5-11,16H,1-4,12H2,(H,21,23). The Kier molecular flexibility index (Phi) is 5.08. The molecule has 1 aromatic heterocycles. The molecule has 120 valence electrons. The SMILES string of the molecule is O=C(Nc1ccc(Cl)cc1)N(Cc1cnccn1)C1CCCC1. The summed E-state index contributed by atoms with van der Waals surface area (Å²) in [5.74, 6) is 0. The van der Waals surface area contributed by atoms with Crippen molar-refractivity contribution in [3.63, 3.8) is 0 Å². The van der Waals surface area contributed by atoms with Crippen LogP contribution in [0.25, 0.3) is 0 Å². The molecule has 1 N–H and O–H groups in total. The first-order valence-corrected chi connectivity index (χ1v) is 8.18. The topological polar surface area (TPSA) is 58.1 Å². The number of benzene rings is 1. The van der Waals surface area contributed by atoms with Gasteiger partial charge in [0.05, 0.1) is 18.4 Å². The van der Waals surface area contributed by atoms with Gasteiger partial charge in [-0.15, -0.1) is 0 Å². The molecule has 0 radical (unpaired) electrons.